The Morgan fingerprint density at radius 1 is 1.00 bits per heavy atom. The van der Waals surface area contributed by atoms with Gasteiger partial charge < -0.3 is 15.2 Å². The molecule has 5 heteroatoms. The number of urea groups is 1. The van der Waals surface area contributed by atoms with E-state index in [9.17, 15) is 9.59 Å². The van der Waals surface area contributed by atoms with Gasteiger partial charge in [-0.3, -0.25) is 4.79 Å². The quantitative estimate of drug-likeness (QED) is 0.695. The van der Waals surface area contributed by atoms with Gasteiger partial charge in [0.2, 0.25) is 0 Å². The first-order chi connectivity index (χ1) is 11.6. The molecule has 0 aliphatic carbocycles. The van der Waals surface area contributed by atoms with E-state index >= 15 is 0 Å². The number of ketones is 1. The Labute approximate surface area is 140 Å². The lowest BCUT2D eigenvalue weighted by atomic mass is 10.1. The van der Waals surface area contributed by atoms with Gasteiger partial charge >= 0.3 is 6.03 Å². The maximum absolute atomic E-state index is 12.2. The zero-order valence-corrected chi connectivity index (χ0v) is 13.7. The monoisotopic (exact) mass is 321 g/mol. The number of carbonyl (C=O) groups excluding carboxylic acids is 2. The molecule has 5 nitrogen and oxygen atoms in total. The number of rotatable bonds is 4. The lowest BCUT2D eigenvalue weighted by Gasteiger charge is -2.07. The van der Waals surface area contributed by atoms with Gasteiger partial charge in [0.15, 0.2) is 5.78 Å². The Morgan fingerprint density at radius 2 is 1.71 bits per heavy atom. The van der Waals surface area contributed by atoms with Crippen LogP contribution in [0.4, 0.5) is 16.2 Å². The highest BCUT2D eigenvalue weighted by Gasteiger charge is 2.10. The van der Waals surface area contributed by atoms with E-state index in [2.05, 4.69) is 22.1 Å². The van der Waals surface area contributed by atoms with Gasteiger partial charge in [0.1, 0.15) is 0 Å². The van der Waals surface area contributed by atoms with Crippen LogP contribution in [-0.2, 0) is 6.54 Å². The number of nitrogens with one attached hydrogen (secondary N) is 2. The van der Waals surface area contributed by atoms with E-state index in [4.69, 9.17) is 0 Å². The predicted molar refractivity (Wildman–Crippen MR) is 96.7 cm³/mol. The summed E-state index contributed by atoms with van der Waals surface area (Å²) in [6.07, 6.45) is 1.93. The van der Waals surface area contributed by atoms with Crippen molar-refractivity contribution in [1.82, 2.24) is 4.57 Å². The normalized spacial score (nSPS) is 10.6. The molecule has 3 rings (SSSR count). The van der Waals surface area contributed by atoms with E-state index in [-0.39, 0.29) is 11.8 Å². The molecule has 0 aliphatic rings. The second-order valence-electron chi connectivity index (χ2n) is 5.56. The summed E-state index contributed by atoms with van der Waals surface area (Å²) in [6, 6.07) is 14.4. The van der Waals surface area contributed by atoms with Crippen LogP contribution in [0.2, 0.25) is 0 Å². The van der Waals surface area contributed by atoms with Gasteiger partial charge in [0, 0.05) is 29.4 Å². The van der Waals surface area contributed by atoms with Crippen LogP contribution >= 0.6 is 0 Å². The highest BCUT2D eigenvalue weighted by atomic mass is 16.2. The fraction of sp³-hybridized carbons (Fsp3) is 0.158. The highest BCUT2D eigenvalue weighted by molar-refractivity contribution is 6.06. The van der Waals surface area contributed by atoms with Crippen LogP contribution in [0.5, 0.6) is 0 Å². The van der Waals surface area contributed by atoms with E-state index in [0.717, 1.165) is 23.1 Å². The van der Waals surface area contributed by atoms with E-state index in [0.29, 0.717) is 11.3 Å². The minimum absolute atomic E-state index is 0.00150. The molecule has 0 spiro atoms. The van der Waals surface area contributed by atoms with Gasteiger partial charge in [-0.15, -0.1) is 0 Å². The fourth-order valence-electron chi connectivity index (χ4n) is 2.68. The minimum atomic E-state index is -0.315. The highest BCUT2D eigenvalue weighted by Crippen LogP contribution is 2.26. The van der Waals surface area contributed by atoms with Gasteiger partial charge in [-0.1, -0.05) is 18.2 Å². The number of carbonyl (C=O) groups is 2. The Bertz CT molecular complexity index is 895. The molecule has 0 fully saturated rings. The summed E-state index contributed by atoms with van der Waals surface area (Å²) in [4.78, 5) is 23.5. The number of nitrogens with zero attached hydrogens (tertiary/aromatic N) is 1. The first kappa shape index (κ1) is 15.8. The van der Waals surface area contributed by atoms with Gasteiger partial charge in [-0.2, -0.15) is 0 Å². The third kappa shape index (κ3) is 3.15. The number of Topliss-reactive ketones (excluding diaryl/α,β-unsaturated/α-hetero) is 1. The standard InChI is InChI=1S/C19H19N3O2/c1-3-22-12-17(16-6-4-5-7-18(16)22)21-19(24)20-15-10-8-14(9-11-15)13(2)23/h4-12H,3H2,1-2H3,(H2,20,21,24). The molecule has 1 aromatic heterocycles. The van der Waals surface area contributed by atoms with Crippen molar-refractivity contribution in [3.8, 4) is 0 Å². The molecule has 0 aliphatic heterocycles. The molecule has 0 bridgehead atoms. The van der Waals surface area contributed by atoms with E-state index in [1.165, 1.54) is 6.92 Å². The second kappa shape index (κ2) is 6.58. The molecule has 24 heavy (non-hydrogen) atoms. The predicted octanol–water partition coefficient (Wildman–Crippen LogP) is 4.51. The van der Waals surface area contributed by atoms with Crippen LogP contribution in [0.3, 0.4) is 0 Å². The summed E-state index contributed by atoms with van der Waals surface area (Å²) >= 11 is 0. The van der Waals surface area contributed by atoms with Crippen molar-refractivity contribution in [2.75, 3.05) is 10.6 Å². The zero-order valence-electron chi connectivity index (χ0n) is 13.7. The number of para-hydroxylation sites is 1. The Morgan fingerprint density at radius 3 is 2.38 bits per heavy atom. The molecule has 2 aromatic carbocycles. The third-order valence-electron chi connectivity index (χ3n) is 3.93. The third-order valence-corrected chi connectivity index (χ3v) is 3.93. The summed E-state index contributed by atoms with van der Waals surface area (Å²) in [5.74, 6) is -0.00150. The summed E-state index contributed by atoms with van der Waals surface area (Å²) in [5.41, 5.74) is 3.11. The Balaban J connectivity index is 1.76. The van der Waals surface area contributed by atoms with E-state index < -0.39 is 0 Å². The molecule has 0 unspecified atom stereocenters. The van der Waals surface area contributed by atoms with Crippen molar-refractivity contribution in [2.24, 2.45) is 0 Å². The number of fused-ring (bicyclic) bond motifs is 1. The summed E-state index contributed by atoms with van der Waals surface area (Å²) in [7, 11) is 0. The average molecular weight is 321 g/mol. The zero-order chi connectivity index (χ0) is 17.1. The SMILES string of the molecule is CCn1cc(NC(=O)Nc2ccc(C(C)=O)cc2)c2ccccc21. The summed E-state index contributed by atoms with van der Waals surface area (Å²) < 4.78 is 2.09. The molecule has 0 saturated heterocycles. The number of aromatic nitrogens is 1. The molecular formula is C19H19N3O2. The molecule has 0 radical (unpaired) electrons. The molecule has 2 N–H and O–H groups in total. The lowest BCUT2D eigenvalue weighted by molar-refractivity contribution is 0.101. The molecule has 122 valence electrons. The van der Waals surface area contributed by atoms with Crippen LogP contribution < -0.4 is 10.6 Å². The van der Waals surface area contributed by atoms with Crippen molar-refractivity contribution in [3.05, 3.63) is 60.3 Å². The van der Waals surface area contributed by atoms with Crippen molar-refractivity contribution >= 4 is 34.1 Å². The summed E-state index contributed by atoms with van der Waals surface area (Å²) in [6.45, 7) is 4.40. The van der Waals surface area contributed by atoms with Crippen molar-refractivity contribution < 1.29 is 9.59 Å². The Hall–Kier alpha value is -3.08. The first-order valence-corrected chi connectivity index (χ1v) is 7.85. The number of aryl methyl sites for hydroxylation is 1. The van der Waals surface area contributed by atoms with Gasteiger partial charge in [0.25, 0.3) is 0 Å². The van der Waals surface area contributed by atoms with Crippen LogP contribution in [0.1, 0.15) is 24.2 Å². The van der Waals surface area contributed by atoms with Crippen LogP contribution in [0.15, 0.2) is 54.7 Å². The van der Waals surface area contributed by atoms with Crippen LogP contribution in [0.25, 0.3) is 10.9 Å². The molecule has 1 heterocycles. The van der Waals surface area contributed by atoms with Crippen LogP contribution in [-0.4, -0.2) is 16.4 Å². The number of benzene rings is 2. The maximum Gasteiger partial charge on any atom is 0.323 e. The topological polar surface area (TPSA) is 63.1 Å². The first-order valence-electron chi connectivity index (χ1n) is 7.85. The number of amides is 2. The number of anilines is 2. The van der Waals surface area contributed by atoms with E-state index in [1.54, 1.807) is 24.3 Å². The largest absolute Gasteiger partial charge is 0.346 e. The second-order valence-corrected chi connectivity index (χ2v) is 5.56. The maximum atomic E-state index is 12.2. The Kier molecular flexibility index (Phi) is 4.33. The van der Waals surface area contributed by atoms with Gasteiger partial charge in [0.05, 0.1) is 11.2 Å². The van der Waals surface area contributed by atoms with Gasteiger partial charge in [-0.25, -0.2) is 4.79 Å². The molecule has 0 atom stereocenters. The molecule has 3 aromatic rings. The van der Waals surface area contributed by atoms with Crippen molar-refractivity contribution in [2.45, 2.75) is 20.4 Å². The minimum Gasteiger partial charge on any atom is -0.346 e. The smallest absolute Gasteiger partial charge is 0.323 e. The van der Waals surface area contributed by atoms with Gasteiger partial charge in [-0.05, 0) is 44.2 Å². The average Bonchev–Trinajstić information content (AvgIpc) is 2.93. The molecule has 0 saturated carbocycles. The molecule has 2 amide bonds. The number of hydrogen-bond acceptors (Lipinski definition) is 2. The molecular weight excluding hydrogens is 302 g/mol. The van der Waals surface area contributed by atoms with Crippen molar-refractivity contribution in [3.63, 3.8) is 0 Å². The summed E-state index contributed by atoms with van der Waals surface area (Å²) in [5, 5.41) is 6.67. The van der Waals surface area contributed by atoms with Crippen LogP contribution in [0, 0.1) is 0 Å². The van der Waals surface area contributed by atoms with E-state index in [1.807, 2.05) is 30.5 Å². The van der Waals surface area contributed by atoms with Crippen molar-refractivity contribution in [1.29, 1.82) is 0 Å². The lowest BCUT2D eigenvalue weighted by Crippen LogP contribution is -2.19. The fourth-order valence-corrected chi connectivity index (χ4v) is 2.68. The number of hydrogen-bond donors (Lipinski definition) is 2.